The van der Waals surface area contributed by atoms with Crippen LogP contribution in [0.4, 0.5) is 17.1 Å². The van der Waals surface area contributed by atoms with Crippen LogP contribution in [-0.4, -0.2) is 9.97 Å². The molecule has 0 aliphatic carbocycles. The Morgan fingerprint density at radius 1 is 0.328 bits per heavy atom. The molecule has 58 heavy (non-hydrogen) atoms. The molecule has 0 fully saturated rings. The fraction of sp³-hybridized carbons (Fsp3) is 0. The van der Waals surface area contributed by atoms with E-state index in [-0.39, 0.29) is 0 Å². The second kappa shape index (κ2) is 14.0. The highest BCUT2D eigenvalue weighted by molar-refractivity contribution is 6.08. The molecule has 0 radical (unpaired) electrons. The number of hydrogen-bond acceptors (Lipinski definition) is 4. The SMILES string of the molecule is c1ccc(-c2ccc(N(c3ccc(-c4ccc5ccc6nc(-c7ccccc7)c(-c7ccccc7)nc6c5c4)cc3)c3ccc4c(c3)oc3ccccc34)cc2)cc1. The molecule has 0 aliphatic rings. The summed E-state index contributed by atoms with van der Waals surface area (Å²) in [5, 5.41) is 4.42. The molecule has 4 heteroatoms. The van der Waals surface area contributed by atoms with Crippen molar-refractivity contribution in [1.29, 1.82) is 0 Å². The lowest BCUT2D eigenvalue weighted by Gasteiger charge is -2.26. The van der Waals surface area contributed by atoms with Gasteiger partial charge in [0.15, 0.2) is 0 Å². The molecule has 2 aromatic heterocycles. The van der Waals surface area contributed by atoms with Crippen LogP contribution >= 0.6 is 0 Å². The first-order valence-corrected chi connectivity index (χ1v) is 19.6. The number of anilines is 3. The minimum Gasteiger partial charge on any atom is -0.456 e. The molecule has 11 aromatic rings. The minimum atomic E-state index is 0.860. The summed E-state index contributed by atoms with van der Waals surface area (Å²) in [6, 6.07) is 74.4. The number of hydrogen-bond donors (Lipinski definition) is 0. The van der Waals surface area contributed by atoms with Gasteiger partial charge in [-0.15, -0.1) is 0 Å². The van der Waals surface area contributed by atoms with E-state index in [4.69, 9.17) is 14.4 Å². The maximum absolute atomic E-state index is 6.36. The van der Waals surface area contributed by atoms with Gasteiger partial charge in [0.25, 0.3) is 0 Å². The van der Waals surface area contributed by atoms with Crippen molar-refractivity contribution in [1.82, 2.24) is 9.97 Å². The molecule has 0 saturated carbocycles. The molecule has 0 N–H and O–H groups in total. The topological polar surface area (TPSA) is 42.2 Å². The second-order valence-electron chi connectivity index (χ2n) is 14.6. The Morgan fingerprint density at radius 2 is 0.828 bits per heavy atom. The van der Waals surface area contributed by atoms with Gasteiger partial charge in [0, 0.05) is 50.4 Å². The standard InChI is InChI=1S/C54H35N3O/c1-4-12-36(13-5-1)37-22-27-43(28-23-37)57(45-31-32-47-46-18-10-11-19-50(46)58-51(47)35-45)44-29-24-38(25-30-44)42-21-20-39-26-33-49-54(48(39)34-42)56-53(41-16-8-3-9-17-41)52(55-49)40-14-6-2-7-15-40/h1-35H. The van der Waals surface area contributed by atoms with Crippen LogP contribution in [-0.2, 0) is 0 Å². The summed E-state index contributed by atoms with van der Waals surface area (Å²) in [6.45, 7) is 0. The van der Waals surface area contributed by atoms with Crippen molar-refractivity contribution in [2.45, 2.75) is 0 Å². The van der Waals surface area contributed by atoms with E-state index in [1.165, 1.54) is 11.1 Å². The largest absolute Gasteiger partial charge is 0.456 e. The lowest BCUT2D eigenvalue weighted by atomic mass is 9.98. The normalized spacial score (nSPS) is 11.4. The number of rotatable bonds is 7. The predicted molar refractivity (Wildman–Crippen MR) is 241 cm³/mol. The van der Waals surface area contributed by atoms with Gasteiger partial charge in [-0.1, -0.05) is 152 Å². The maximum Gasteiger partial charge on any atom is 0.137 e. The molecular formula is C54H35N3O. The van der Waals surface area contributed by atoms with Gasteiger partial charge < -0.3 is 9.32 Å². The van der Waals surface area contributed by atoms with Gasteiger partial charge in [-0.25, -0.2) is 9.97 Å². The molecule has 2 heterocycles. The average Bonchev–Trinajstić information content (AvgIpc) is 3.68. The minimum absolute atomic E-state index is 0.860. The molecule has 0 saturated heterocycles. The quantitative estimate of drug-likeness (QED) is 0.153. The summed E-state index contributed by atoms with van der Waals surface area (Å²) >= 11 is 0. The second-order valence-corrected chi connectivity index (χ2v) is 14.6. The monoisotopic (exact) mass is 741 g/mol. The van der Waals surface area contributed by atoms with Crippen molar-refractivity contribution in [2.75, 3.05) is 4.90 Å². The summed E-state index contributed by atoms with van der Waals surface area (Å²) in [7, 11) is 0. The van der Waals surface area contributed by atoms with E-state index in [1.807, 2.05) is 36.4 Å². The Labute approximate surface area is 335 Å². The van der Waals surface area contributed by atoms with E-state index in [0.29, 0.717) is 0 Å². The number of fused-ring (bicyclic) bond motifs is 6. The van der Waals surface area contributed by atoms with Gasteiger partial charge in [-0.2, -0.15) is 0 Å². The fourth-order valence-electron chi connectivity index (χ4n) is 8.15. The van der Waals surface area contributed by atoms with Crippen molar-refractivity contribution in [2.24, 2.45) is 0 Å². The Balaban J connectivity index is 1.01. The van der Waals surface area contributed by atoms with Gasteiger partial charge >= 0.3 is 0 Å². The zero-order chi connectivity index (χ0) is 38.4. The molecule has 0 atom stereocenters. The van der Waals surface area contributed by atoms with Crippen molar-refractivity contribution in [3.05, 3.63) is 212 Å². The Kier molecular flexibility index (Phi) is 8.11. The Hall–Kier alpha value is -7.82. The zero-order valence-electron chi connectivity index (χ0n) is 31.5. The van der Waals surface area contributed by atoms with Crippen LogP contribution in [0.1, 0.15) is 0 Å². The molecule has 0 spiro atoms. The third-order valence-electron chi connectivity index (χ3n) is 11.1. The van der Waals surface area contributed by atoms with Crippen LogP contribution < -0.4 is 4.90 Å². The number of nitrogens with zero attached hydrogens (tertiary/aromatic N) is 3. The smallest absolute Gasteiger partial charge is 0.137 e. The number of benzene rings is 9. The van der Waals surface area contributed by atoms with E-state index in [1.54, 1.807) is 0 Å². The molecule has 0 amide bonds. The van der Waals surface area contributed by atoms with E-state index in [2.05, 4.69) is 181 Å². The third-order valence-corrected chi connectivity index (χ3v) is 11.1. The summed E-state index contributed by atoms with van der Waals surface area (Å²) < 4.78 is 6.36. The summed E-state index contributed by atoms with van der Waals surface area (Å²) in [5.74, 6) is 0. The number of aromatic nitrogens is 2. The van der Waals surface area contributed by atoms with Crippen LogP contribution in [0.15, 0.2) is 217 Å². The van der Waals surface area contributed by atoms with E-state index >= 15 is 0 Å². The number of furan rings is 1. The van der Waals surface area contributed by atoms with Crippen molar-refractivity contribution in [3.63, 3.8) is 0 Å². The van der Waals surface area contributed by atoms with Crippen molar-refractivity contribution < 1.29 is 4.42 Å². The van der Waals surface area contributed by atoms with Gasteiger partial charge in [-0.05, 0) is 82.2 Å². The first kappa shape index (κ1) is 33.5. The first-order valence-electron chi connectivity index (χ1n) is 19.6. The highest BCUT2D eigenvalue weighted by Crippen LogP contribution is 2.41. The molecule has 11 rings (SSSR count). The molecule has 0 aliphatic heterocycles. The molecule has 0 unspecified atom stereocenters. The Bertz CT molecular complexity index is 3250. The van der Waals surface area contributed by atoms with Crippen LogP contribution in [0.25, 0.3) is 88.5 Å². The summed E-state index contributed by atoms with van der Waals surface area (Å²) in [6.07, 6.45) is 0. The van der Waals surface area contributed by atoms with Crippen LogP contribution in [0.3, 0.4) is 0 Å². The van der Waals surface area contributed by atoms with E-state index < -0.39 is 0 Å². The fourth-order valence-corrected chi connectivity index (χ4v) is 8.15. The first-order chi connectivity index (χ1) is 28.7. The maximum atomic E-state index is 6.36. The van der Waals surface area contributed by atoms with Gasteiger partial charge in [0.2, 0.25) is 0 Å². The van der Waals surface area contributed by atoms with Crippen LogP contribution in [0.2, 0.25) is 0 Å². The highest BCUT2D eigenvalue weighted by Gasteiger charge is 2.18. The Morgan fingerprint density at radius 3 is 1.50 bits per heavy atom. The van der Waals surface area contributed by atoms with E-state index in [0.717, 1.165) is 94.4 Å². The van der Waals surface area contributed by atoms with Crippen LogP contribution in [0, 0.1) is 0 Å². The molecule has 4 nitrogen and oxygen atoms in total. The molecule has 272 valence electrons. The average molecular weight is 742 g/mol. The highest BCUT2D eigenvalue weighted by atomic mass is 16.3. The van der Waals surface area contributed by atoms with Crippen molar-refractivity contribution >= 4 is 60.8 Å². The summed E-state index contributed by atoms with van der Waals surface area (Å²) in [5.41, 5.74) is 15.1. The lowest BCUT2D eigenvalue weighted by molar-refractivity contribution is 0.669. The predicted octanol–water partition coefficient (Wildman–Crippen LogP) is 14.8. The van der Waals surface area contributed by atoms with Gasteiger partial charge in [0.05, 0.1) is 22.4 Å². The molecular weight excluding hydrogens is 707 g/mol. The third kappa shape index (κ3) is 5.96. The lowest BCUT2D eigenvalue weighted by Crippen LogP contribution is -2.09. The zero-order valence-corrected chi connectivity index (χ0v) is 31.5. The van der Waals surface area contributed by atoms with Gasteiger partial charge in [0.1, 0.15) is 11.2 Å². The van der Waals surface area contributed by atoms with Crippen LogP contribution in [0.5, 0.6) is 0 Å². The van der Waals surface area contributed by atoms with Gasteiger partial charge in [-0.3, -0.25) is 0 Å². The summed E-state index contributed by atoms with van der Waals surface area (Å²) in [4.78, 5) is 12.9. The molecule has 0 bridgehead atoms. The molecule has 9 aromatic carbocycles. The van der Waals surface area contributed by atoms with Crippen molar-refractivity contribution in [3.8, 4) is 44.8 Å². The number of para-hydroxylation sites is 1. The van der Waals surface area contributed by atoms with E-state index in [9.17, 15) is 0 Å².